The van der Waals surface area contributed by atoms with Crippen molar-refractivity contribution >= 4 is 35.6 Å². The highest BCUT2D eigenvalue weighted by atomic mass is 127. The number of ether oxygens (including phenoxy) is 2. The summed E-state index contributed by atoms with van der Waals surface area (Å²) in [6.07, 6.45) is 2.21. The Hall–Kier alpha value is -1.17. The van der Waals surface area contributed by atoms with Crippen molar-refractivity contribution in [2.75, 3.05) is 70.5 Å². The molecule has 182 valence electrons. The van der Waals surface area contributed by atoms with Crippen LogP contribution in [0.2, 0.25) is 0 Å². The van der Waals surface area contributed by atoms with Gasteiger partial charge in [-0.05, 0) is 38.8 Å². The first kappa shape index (κ1) is 27.1. The van der Waals surface area contributed by atoms with Gasteiger partial charge in [0.15, 0.2) is 5.96 Å². The predicted molar refractivity (Wildman–Crippen MR) is 139 cm³/mol. The molecular weight excluding hydrogens is 524 g/mol. The zero-order chi connectivity index (χ0) is 21.9. The number of hydrogen-bond acceptors (Lipinski definition) is 5. The minimum atomic E-state index is -0.134. The van der Waals surface area contributed by atoms with E-state index in [0.29, 0.717) is 18.9 Å². The van der Waals surface area contributed by atoms with Crippen molar-refractivity contribution in [2.24, 2.45) is 4.99 Å². The Morgan fingerprint density at radius 2 is 2.06 bits per heavy atom. The third-order valence-electron chi connectivity index (χ3n) is 5.66. The molecule has 9 heteroatoms. The average molecular weight is 564 g/mol. The van der Waals surface area contributed by atoms with Crippen LogP contribution in [-0.4, -0.2) is 88.6 Å². The topological polar surface area (TPSA) is 61.4 Å². The number of halogens is 2. The normalized spacial score (nSPS) is 20.7. The smallest absolute Gasteiger partial charge is 0.191 e. The largest absolute Gasteiger partial charge is 0.379 e. The number of guanidine groups is 1. The van der Waals surface area contributed by atoms with Gasteiger partial charge in [0.1, 0.15) is 5.82 Å². The number of rotatable bonds is 10. The first-order valence-electron chi connectivity index (χ1n) is 11.6. The van der Waals surface area contributed by atoms with E-state index in [0.717, 1.165) is 71.2 Å². The third-order valence-corrected chi connectivity index (χ3v) is 5.66. The lowest BCUT2D eigenvalue weighted by molar-refractivity contribution is 0.0347. The molecule has 2 fully saturated rings. The van der Waals surface area contributed by atoms with Crippen LogP contribution in [0, 0.1) is 5.82 Å². The Bertz CT molecular complexity index is 682. The van der Waals surface area contributed by atoms with E-state index in [-0.39, 0.29) is 41.9 Å². The maximum atomic E-state index is 14.0. The van der Waals surface area contributed by atoms with E-state index < -0.39 is 0 Å². The van der Waals surface area contributed by atoms with E-state index in [2.05, 4.69) is 34.3 Å². The van der Waals surface area contributed by atoms with Crippen molar-refractivity contribution in [3.8, 4) is 0 Å². The highest BCUT2D eigenvalue weighted by molar-refractivity contribution is 14.0. The second kappa shape index (κ2) is 14.9. The van der Waals surface area contributed by atoms with Crippen molar-refractivity contribution in [1.29, 1.82) is 0 Å². The zero-order valence-corrected chi connectivity index (χ0v) is 21.7. The summed E-state index contributed by atoms with van der Waals surface area (Å²) in [6, 6.07) is 7.22. The van der Waals surface area contributed by atoms with Crippen LogP contribution in [0.4, 0.5) is 10.1 Å². The molecule has 1 aromatic rings. The van der Waals surface area contributed by atoms with Gasteiger partial charge >= 0.3 is 0 Å². The average Bonchev–Trinajstić information content (AvgIpc) is 3.30. The molecule has 0 bridgehead atoms. The van der Waals surface area contributed by atoms with Crippen molar-refractivity contribution in [3.63, 3.8) is 0 Å². The minimum absolute atomic E-state index is 0. The second-order valence-corrected chi connectivity index (χ2v) is 8.26. The number of hydrogen-bond donors (Lipinski definition) is 2. The van der Waals surface area contributed by atoms with Gasteiger partial charge in [0.25, 0.3) is 0 Å². The Morgan fingerprint density at radius 1 is 1.28 bits per heavy atom. The molecule has 0 aromatic heterocycles. The fraction of sp³-hybridized carbons (Fsp3) is 0.696. The molecule has 0 aliphatic carbocycles. The van der Waals surface area contributed by atoms with Gasteiger partial charge in [-0.1, -0.05) is 12.1 Å². The van der Waals surface area contributed by atoms with Crippen LogP contribution in [0.5, 0.6) is 0 Å². The second-order valence-electron chi connectivity index (χ2n) is 8.26. The first-order chi connectivity index (χ1) is 15.2. The monoisotopic (exact) mass is 563 g/mol. The first-order valence-corrected chi connectivity index (χ1v) is 11.6. The van der Waals surface area contributed by atoms with E-state index in [1.807, 2.05) is 12.1 Å². The van der Waals surface area contributed by atoms with Gasteiger partial charge in [0.05, 0.1) is 25.0 Å². The molecule has 0 spiro atoms. The summed E-state index contributed by atoms with van der Waals surface area (Å²) in [5.74, 6) is 0.704. The maximum absolute atomic E-state index is 14.0. The summed E-state index contributed by atoms with van der Waals surface area (Å²) < 4.78 is 25.2. The van der Waals surface area contributed by atoms with Gasteiger partial charge in [0.2, 0.25) is 0 Å². The summed E-state index contributed by atoms with van der Waals surface area (Å²) in [5.41, 5.74) is 0.715. The molecule has 7 nitrogen and oxygen atoms in total. The van der Waals surface area contributed by atoms with Gasteiger partial charge in [-0.2, -0.15) is 0 Å². The summed E-state index contributed by atoms with van der Waals surface area (Å²) in [4.78, 5) is 9.29. The van der Waals surface area contributed by atoms with E-state index in [1.165, 1.54) is 6.07 Å². The number of nitrogens with one attached hydrogen (secondary N) is 2. The molecule has 2 unspecified atom stereocenters. The molecule has 2 aliphatic heterocycles. The number of piperazine rings is 1. The fourth-order valence-electron chi connectivity index (χ4n) is 3.93. The number of benzene rings is 1. The Labute approximate surface area is 209 Å². The molecule has 32 heavy (non-hydrogen) atoms. The highest BCUT2D eigenvalue weighted by Gasteiger charge is 2.19. The van der Waals surface area contributed by atoms with Gasteiger partial charge in [-0.15, -0.1) is 24.0 Å². The lowest BCUT2D eigenvalue weighted by atomic mass is 10.2. The van der Waals surface area contributed by atoms with Gasteiger partial charge in [-0.25, -0.2) is 4.39 Å². The molecule has 2 atom stereocenters. The molecular formula is C23H39FIN5O2. The van der Waals surface area contributed by atoms with Crippen LogP contribution in [0.3, 0.4) is 0 Å². The number of para-hydroxylation sites is 1. The standard InChI is InChI=1S/C23H38FN5O2.HI/c1-3-25-23(27-19(2)17-31-20-9-16-30-18-20)26-10-6-11-28-12-14-29(15-13-28)22-8-5-4-7-21(22)24;/h4-5,7-8,19-20H,3,6,9-18H2,1-2H3,(H2,25,26,27);1H. The summed E-state index contributed by atoms with van der Waals surface area (Å²) in [6.45, 7) is 12.6. The molecule has 2 saturated heterocycles. The van der Waals surface area contributed by atoms with Crippen LogP contribution < -0.4 is 15.5 Å². The van der Waals surface area contributed by atoms with Crippen LogP contribution in [0.15, 0.2) is 29.3 Å². The minimum Gasteiger partial charge on any atom is -0.379 e. The SMILES string of the molecule is CCNC(=NCCCN1CCN(c2ccccc2F)CC1)NC(C)COC1CCOC1.I. The summed E-state index contributed by atoms with van der Waals surface area (Å²) >= 11 is 0. The van der Waals surface area contributed by atoms with E-state index in [9.17, 15) is 4.39 Å². The quantitative estimate of drug-likeness (QED) is 0.198. The number of nitrogens with zero attached hydrogens (tertiary/aromatic N) is 3. The van der Waals surface area contributed by atoms with Crippen molar-refractivity contribution in [3.05, 3.63) is 30.1 Å². The van der Waals surface area contributed by atoms with E-state index in [4.69, 9.17) is 14.5 Å². The molecule has 2 N–H and O–H groups in total. The fourth-order valence-corrected chi connectivity index (χ4v) is 3.93. The lowest BCUT2D eigenvalue weighted by Crippen LogP contribution is -2.47. The molecule has 1 aromatic carbocycles. The maximum Gasteiger partial charge on any atom is 0.191 e. The Morgan fingerprint density at radius 3 is 2.75 bits per heavy atom. The van der Waals surface area contributed by atoms with Crippen LogP contribution >= 0.6 is 24.0 Å². The number of aliphatic imine (C=N–C) groups is 1. The lowest BCUT2D eigenvalue weighted by Gasteiger charge is -2.36. The van der Waals surface area contributed by atoms with Crippen LogP contribution in [0.1, 0.15) is 26.7 Å². The number of anilines is 1. The van der Waals surface area contributed by atoms with Crippen LogP contribution in [-0.2, 0) is 9.47 Å². The van der Waals surface area contributed by atoms with Gasteiger partial charge in [-0.3, -0.25) is 9.89 Å². The van der Waals surface area contributed by atoms with Crippen LogP contribution in [0.25, 0.3) is 0 Å². The Kier molecular flexibility index (Phi) is 12.6. The van der Waals surface area contributed by atoms with Gasteiger partial charge < -0.3 is 25.0 Å². The van der Waals surface area contributed by atoms with Crippen molar-refractivity contribution in [1.82, 2.24) is 15.5 Å². The molecule has 2 aliphatic rings. The molecule has 3 rings (SSSR count). The highest BCUT2D eigenvalue weighted by Crippen LogP contribution is 2.20. The van der Waals surface area contributed by atoms with E-state index >= 15 is 0 Å². The molecule has 2 heterocycles. The molecule has 0 radical (unpaired) electrons. The summed E-state index contributed by atoms with van der Waals surface area (Å²) in [5, 5.41) is 6.74. The molecule has 0 amide bonds. The third kappa shape index (κ3) is 8.99. The van der Waals surface area contributed by atoms with Crippen molar-refractivity contribution in [2.45, 2.75) is 38.8 Å². The van der Waals surface area contributed by atoms with Crippen molar-refractivity contribution < 1.29 is 13.9 Å². The Balaban J connectivity index is 0.00000363. The molecule has 0 saturated carbocycles. The van der Waals surface area contributed by atoms with Gasteiger partial charge in [0, 0.05) is 58.5 Å². The van der Waals surface area contributed by atoms with E-state index in [1.54, 1.807) is 6.07 Å². The summed E-state index contributed by atoms with van der Waals surface area (Å²) in [7, 11) is 0. The zero-order valence-electron chi connectivity index (χ0n) is 19.4. The predicted octanol–water partition coefficient (Wildman–Crippen LogP) is 2.70.